The molecular formula is C10H11NO2. The van der Waals surface area contributed by atoms with E-state index in [4.69, 9.17) is 4.74 Å². The standard InChI is InChI=1S/C10H11NO2/c1-2-3-4-13-10-5-9(8-12)6-11-7-10/h2,5-8H,1,3-4H2. The molecular weight excluding hydrogens is 166 g/mol. The molecule has 68 valence electrons. The fraction of sp³-hybridized carbons (Fsp3) is 0.200. The molecule has 0 aliphatic rings. The predicted octanol–water partition coefficient (Wildman–Crippen LogP) is 1.85. The van der Waals surface area contributed by atoms with Crippen LogP contribution in [0.15, 0.2) is 31.1 Å². The first-order valence-corrected chi connectivity index (χ1v) is 4.00. The number of aldehydes is 1. The van der Waals surface area contributed by atoms with Crippen LogP contribution >= 0.6 is 0 Å². The van der Waals surface area contributed by atoms with Crippen LogP contribution in [-0.2, 0) is 0 Å². The highest BCUT2D eigenvalue weighted by molar-refractivity contribution is 5.74. The minimum absolute atomic E-state index is 0.524. The first-order valence-electron chi connectivity index (χ1n) is 4.00. The lowest BCUT2D eigenvalue weighted by atomic mass is 10.3. The summed E-state index contributed by atoms with van der Waals surface area (Å²) in [5.41, 5.74) is 0.524. The van der Waals surface area contributed by atoms with Gasteiger partial charge in [-0.2, -0.15) is 0 Å². The van der Waals surface area contributed by atoms with Gasteiger partial charge in [0.2, 0.25) is 0 Å². The quantitative estimate of drug-likeness (QED) is 0.391. The number of rotatable bonds is 5. The summed E-state index contributed by atoms with van der Waals surface area (Å²) in [5.74, 6) is 0.617. The van der Waals surface area contributed by atoms with Gasteiger partial charge in [-0.05, 0) is 12.5 Å². The Morgan fingerprint density at radius 1 is 1.54 bits per heavy atom. The molecule has 1 rings (SSSR count). The minimum atomic E-state index is 0.524. The average molecular weight is 177 g/mol. The lowest BCUT2D eigenvalue weighted by Gasteiger charge is -2.03. The molecule has 1 aromatic heterocycles. The molecule has 1 heterocycles. The van der Waals surface area contributed by atoms with Gasteiger partial charge in [-0.3, -0.25) is 9.78 Å². The zero-order chi connectivity index (χ0) is 9.52. The van der Waals surface area contributed by atoms with Gasteiger partial charge in [0.25, 0.3) is 0 Å². The van der Waals surface area contributed by atoms with Crippen molar-refractivity contribution in [3.8, 4) is 5.75 Å². The first kappa shape index (κ1) is 9.45. The second-order valence-electron chi connectivity index (χ2n) is 2.50. The Labute approximate surface area is 77.1 Å². The third-order valence-electron chi connectivity index (χ3n) is 1.46. The highest BCUT2D eigenvalue weighted by Crippen LogP contribution is 2.09. The summed E-state index contributed by atoms with van der Waals surface area (Å²) in [5, 5.41) is 0. The normalized spacial score (nSPS) is 9.23. The topological polar surface area (TPSA) is 39.2 Å². The van der Waals surface area contributed by atoms with E-state index < -0.39 is 0 Å². The zero-order valence-electron chi connectivity index (χ0n) is 7.27. The molecule has 0 radical (unpaired) electrons. The fourth-order valence-corrected chi connectivity index (χ4v) is 0.839. The maximum absolute atomic E-state index is 10.4. The Morgan fingerprint density at radius 3 is 3.08 bits per heavy atom. The molecule has 13 heavy (non-hydrogen) atoms. The smallest absolute Gasteiger partial charge is 0.151 e. The Morgan fingerprint density at radius 2 is 2.38 bits per heavy atom. The van der Waals surface area contributed by atoms with Gasteiger partial charge in [0.15, 0.2) is 6.29 Å². The monoisotopic (exact) mass is 177 g/mol. The number of carbonyl (C=O) groups excluding carboxylic acids is 1. The van der Waals surface area contributed by atoms with E-state index >= 15 is 0 Å². The molecule has 0 aliphatic carbocycles. The molecule has 0 N–H and O–H groups in total. The van der Waals surface area contributed by atoms with E-state index in [0.717, 1.165) is 12.7 Å². The summed E-state index contributed by atoms with van der Waals surface area (Å²) >= 11 is 0. The minimum Gasteiger partial charge on any atom is -0.492 e. The molecule has 0 aromatic carbocycles. The van der Waals surface area contributed by atoms with Gasteiger partial charge in [0.05, 0.1) is 12.8 Å². The number of hydrogen-bond acceptors (Lipinski definition) is 3. The van der Waals surface area contributed by atoms with Crippen LogP contribution in [0.3, 0.4) is 0 Å². The van der Waals surface area contributed by atoms with Crippen LogP contribution < -0.4 is 4.74 Å². The molecule has 1 aromatic rings. The van der Waals surface area contributed by atoms with Gasteiger partial charge in [-0.1, -0.05) is 6.08 Å². The zero-order valence-corrected chi connectivity index (χ0v) is 7.27. The summed E-state index contributed by atoms with van der Waals surface area (Å²) in [6.45, 7) is 4.14. The van der Waals surface area contributed by atoms with Gasteiger partial charge >= 0.3 is 0 Å². The summed E-state index contributed by atoms with van der Waals surface area (Å²) in [7, 11) is 0. The van der Waals surface area contributed by atoms with Crippen LogP contribution in [0.5, 0.6) is 5.75 Å². The first-order chi connectivity index (χ1) is 6.36. The van der Waals surface area contributed by atoms with E-state index in [1.54, 1.807) is 18.3 Å². The van der Waals surface area contributed by atoms with Crippen molar-refractivity contribution in [2.24, 2.45) is 0 Å². The number of carbonyl (C=O) groups is 1. The number of nitrogens with zero attached hydrogens (tertiary/aromatic N) is 1. The molecule has 0 atom stereocenters. The molecule has 0 bridgehead atoms. The van der Waals surface area contributed by atoms with Crippen molar-refractivity contribution in [3.63, 3.8) is 0 Å². The summed E-state index contributed by atoms with van der Waals surface area (Å²) in [6, 6.07) is 1.66. The molecule has 0 saturated carbocycles. The second kappa shape index (κ2) is 5.09. The van der Waals surface area contributed by atoms with Crippen molar-refractivity contribution in [2.75, 3.05) is 6.61 Å². The number of ether oxygens (including phenoxy) is 1. The molecule has 0 aliphatic heterocycles. The third kappa shape index (κ3) is 3.07. The summed E-state index contributed by atoms with van der Waals surface area (Å²) in [4.78, 5) is 14.2. The van der Waals surface area contributed by atoms with Gasteiger partial charge < -0.3 is 4.74 Å². The van der Waals surface area contributed by atoms with E-state index in [2.05, 4.69) is 11.6 Å². The van der Waals surface area contributed by atoms with Crippen molar-refractivity contribution in [1.82, 2.24) is 4.98 Å². The van der Waals surface area contributed by atoms with Gasteiger partial charge in [0, 0.05) is 11.8 Å². The van der Waals surface area contributed by atoms with Crippen molar-refractivity contribution < 1.29 is 9.53 Å². The van der Waals surface area contributed by atoms with Crippen LogP contribution in [0.2, 0.25) is 0 Å². The largest absolute Gasteiger partial charge is 0.492 e. The van der Waals surface area contributed by atoms with Crippen molar-refractivity contribution in [1.29, 1.82) is 0 Å². The SMILES string of the molecule is C=CCCOc1cncc(C=O)c1. The Bertz CT molecular complexity index is 297. The van der Waals surface area contributed by atoms with Crippen LogP contribution in [0.25, 0.3) is 0 Å². The van der Waals surface area contributed by atoms with Crippen molar-refractivity contribution >= 4 is 6.29 Å². The summed E-state index contributed by atoms with van der Waals surface area (Å²) in [6.07, 6.45) is 6.37. The summed E-state index contributed by atoms with van der Waals surface area (Å²) < 4.78 is 5.30. The van der Waals surface area contributed by atoms with Crippen LogP contribution in [0.1, 0.15) is 16.8 Å². The van der Waals surface area contributed by atoms with Gasteiger partial charge in [0.1, 0.15) is 5.75 Å². The van der Waals surface area contributed by atoms with E-state index in [9.17, 15) is 4.79 Å². The lowest BCUT2D eigenvalue weighted by Crippen LogP contribution is -1.96. The number of pyridine rings is 1. The molecule has 0 unspecified atom stereocenters. The average Bonchev–Trinajstić information content (AvgIpc) is 2.19. The number of aromatic nitrogens is 1. The Hall–Kier alpha value is -1.64. The predicted molar refractivity (Wildman–Crippen MR) is 49.9 cm³/mol. The maximum Gasteiger partial charge on any atom is 0.151 e. The maximum atomic E-state index is 10.4. The van der Waals surface area contributed by atoms with E-state index in [-0.39, 0.29) is 0 Å². The van der Waals surface area contributed by atoms with Crippen molar-refractivity contribution in [2.45, 2.75) is 6.42 Å². The Kier molecular flexibility index (Phi) is 3.70. The van der Waals surface area contributed by atoms with Gasteiger partial charge in [-0.15, -0.1) is 6.58 Å². The highest BCUT2D eigenvalue weighted by Gasteiger charge is 1.95. The molecule has 0 amide bonds. The number of hydrogen-bond donors (Lipinski definition) is 0. The lowest BCUT2D eigenvalue weighted by molar-refractivity contribution is 0.112. The third-order valence-corrected chi connectivity index (χ3v) is 1.46. The second-order valence-corrected chi connectivity index (χ2v) is 2.50. The molecule has 3 heteroatoms. The van der Waals surface area contributed by atoms with E-state index in [1.807, 2.05) is 0 Å². The highest BCUT2D eigenvalue weighted by atomic mass is 16.5. The van der Waals surface area contributed by atoms with Crippen molar-refractivity contribution in [3.05, 3.63) is 36.7 Å². The molecule has 0 fully saturated rings. The van der Waals surface area contributed by atoms with Crippen LogP contribution in [0, 0.1) is 0 Å². The fourth-order valence-electron chi connectivity index (χ4n) is 0.839. The van der Waals surface area contributed by atoms with E-state index in [1.165, 1.54) is 6.20 Å². The van der Waals surface area contributed by atoms with Crippen LogP contribution in [-0.4, -0.2) is 17.9 Å². The molecule has 0 saturated heterocycles. The van der Waals surface area contributed by atoms with E-state index in [0.29, 0.717) is 17.9 Å². The molecule has 0 spiro atoms. The van der Waals surface area contributed by atoms with Crippen LogP contribution in [0.4, 0.5) is 0 Å². The molecule has 3 nitrogen and oxygen atoms in total. The van der Waals surface area contributed by atoms with Gasteiger partial charge in [-0.25, -0.2) is 0 Å². The Balaban J connectivity index is 2.55.